The van der Waals surface area contributed by atoms with Crippen molar-refractivity contribution in [1.29, 1.82) is 0 Å². The third kappa shape index (κ3) is 2.65. The maximum absolute atomic E-state index is 11.7. The molecule has 84 valence electrons. The third-order valence-electron chi connectivity index (χ3n) is 1.76. The first-order valence-corrected chi connectivity index (χ1v) is 4.94. The minimum Gasteiger partial charge on any atom is -0.455 e. The molecule has 0 unspecified atom stereocenters. The minimum absolute atomic E-state index is 0.258. The van der Waals surface area contributed by atoms with Crippen LogP contribution in [0.25, 0.3) is 0 Å². The fraction of sp³-hybridized carbons (Fsp3) is 0.500. The Hall–Kier alpha value is -1.16. The van der Waals surface area contributed by atoms with E-state index in [1.807, 2.05) is 0 Å². The van der Waals surface area contributed by atoms with E-state index in [9.17, 15) is 4.79 Å². The molecule has 1 aromatic heterocycles. The lowest BCUT2D eigenvalue weighted by molar-refractivity contribution is 0.00604. The van der Waals surface area contributed by atoms with Gasteiger partial charge in [0.1, 0.15) is 5.60 Å². The lowest BCUT2D eigenvalue weighted by Gasteiger charge is -2.19. The normalized spacial score (nSPS) is 11.5. The SMILES string of the molecule is Cn1cc(Cl)c(N)c1C(=O)OC(C)(C)C. The summed E-state index contributed by atoms with van der Waals surface area (Å²) in [5.74, 6) is -0.464. The molecule has 0 atom stereocenters. The lowest BCUT2D eigenvalue weighted by atomic mass is 10.2. The number of halogens is 1. The number of aromatic nitrogens is 1. The van der Waals surface area contributed by atoms with E-state index in [0.717, 1.165) is 0 Å². The molecule has 0 radical (unpaired) electrons. The molecule has 1 heterocycles. The van der Waals surface area contributed by atoms with Crippen LogP contribution in [0.2, 0.25) is 5.02 Å². The van der Waals surface area contributed by atoms with Crippen molar-refractivity contribution >= 4 is 23.3 Å². The van der Waals surface area contributed by atoms with Gasteiger partial charge in [-0.2, -0.15) is 0 Å². The molecule has 0 spiro atoms. The number of rotatable bonds is 1. The molecule has 0 fully saturated rings. The number of hydrogen-bond acceptors (Lipinski definition) is 3. The van der Waals surface area contributed by atoms with Gasteiger partial charge >= 0.3 is 5.97 Å². The molecule has 1 aromatic rings. The van der Waals surface area contributed by atoms with Crippen molar-refractivity contribution in [3.05, 3.63) is 16.9 Å². The molecular formula is C10H15ClN2O2. The van der Waals surface area contributed by atoms with Gasteiger partial charge in [-0.15, -0.1) is 0 Å². The van der Waals surface area contributed by atoms with Crippen molar-refractivity contribution in [2.24, 2.45) is 7.05 Å². The fourth-order valence-corrected chi connectivity index (χ4v) is 1.42. The highest BCUT2D eigenvalue weighted by Gasteiger charge is 2.23. The second kappa shape index (κ2) is 3.77. The Labute approximate surface area is 94.0 Å². The summed E-state index contributed by atoms with van der Waals surface area (Å²) in [5.41, 5.74) is 5.67. The molecule has 0 aliphatic heterocycles. The van der Waals surface area contributed by atoms with E-state index in [2.05, 4.69) is 0 Å². The van der Waals surface area contributed by atoms with Crippen LogP contribution in [0.4, 0.5) is 5.69 Å². The number of nitrogen functional groups attached to an aromatic ring is 1. The van der Waals surface area contributed by atoms with E-state index in [-0.39, 0.29) is 11.4 Å². The zero-order valence-corrected chi connectivity index (χ0v) is 10.1. The van der Waals surface area contributed by atoms with Gasteiger partial charge in [-0.3, -0.25) is 0 Å². The van der Waals surface area contributed by atoms with Crippen LogP contribution in [-0.2, 0) is 11.8 Å². The summed E-state index contributed by atoms with van der Waals surface area (Å²) >= 11 is 5.80. The minimum atomic E-state index is -0.541. The van der Waals surface area contributed by atoms with Crippen LogP contribution in [0.3, 0.4) is 0 Å². The van der Waals surface area contributed by atoms with E-state index in [4.69, 9.17) is 22.1 Å². The smallest absolute Gasteiger partial charge is 0.357 e. The van der Waals surface area contributed by atoms with E-state index >= 15 is 0 Å². The Morgan fingerprint density at radius 2 is 2.07 bits per heavy atom. The number of aryl methyl sites for hydroxylation is 1. The van der Waals surface area contributed by atoms with Crippen molar-refractivity contribution in [3.8, 4) is 0 Å². The van der Waals surface area contributed by atoms with Crippen molar-refractivity contribution in [2.45, 2.75) is 26.4 Å². The highest BCUT2D eigenvalue weighted by Crippen LogP contribution is 2.26. The number of carbonyl (C=O) groups is 1. The molecule has 0 saturated carbocycles. The number of ether oxygens (including phenoxy) is 1. The summed E-state index contributed by atoms with van der Waals surface area (Å²) < 4.78 is 6.76. The molecule has 15 heavy (non-hydrogen) atoms. The Bertz CT molecular complexity index is 391. The average molecular weight is 231 g/mol. The largest absolute Gasteiger partial charge is 0.455 e. The Kier molecular flexibility index (Phi) is 3.00. The van der Waals surface area contributed by atoms with E-state index in [1.165, 1.54) is 0 Å². The number of esters is 1. The molecule has 0 aliphatic carbocycles. The van der Waals surface area contributed by atoms with Crippen LogP contribution in [0.5, 0.6) is 0 Å². The quantitative estimate of drug-likeness (QED) is 0.753. The van der Waals surface area contributed by atoms with Crippen LogP contribution in [0.1, 0.15) is 31.3 Å². The maximum Gasteiger partial charge on any atom is 0.357 e. The second-order valence-electron chi connectivity index (χ2n) is 4.35. The Morgan fingerprint density at radius 1 is 1.53 bits per heavy atom. The van der Waals surface area contributed by atoms with Crippen LogP contribution in [0, 0.1) is 0 Å². The predicted molar refractivity (Wildman–Crippen MR) is 60.0 cm³/mol. The molecule has 4 nitrogen and oxygen atoms in total. The van der Waals surface area contributed by atoms with Gasteiger partial charge in [0.2, 0.25) is 0 Å². The number of hydrogen-bond donors (Lipinski definition) is 1. The maximum atomic E-state index is 11.7. The summed E-state index contributed by atoms with van der Waals surface area (Å²) in [4.78, 5) is 11.7. The molecule has 5 heteroatoms. The summed E-state index contributed by atoms with van der Waals surface area (Å²) in [6.45, 7) is 5.39. The fourth-order valence-electron chi connectivity index (χ4n) is 1.19. The number of carbonyl (C=O) groups excluding carboxylic acids is 1. The second-order valence-corrected chi connectivity index (χ2v) is 4.76. The van der Waals surface area contributed by atoms with Crippen molar-refractivity contribution in [2.75, 3.05) is 5.73 Å². The summed E-state index contributed by atoms with van der Waals surface area (Å²) in [6.07, 6.45) is 1.58. The number of anilines is 1. The molecule has 0 aliphatic rings. The molecule has 0 aromatic carbocycles. The first kappa shape index (κ1) is 11.9. The van der Waals surface area contributed by atoms with E-state index in [1.54, 1.807) is 38.6 Å². The summed E-state index contributed by atoms with van der Waals surface area (Å²) in [5, 5.41) is 0.360. The number of nitrogens with zero attached hydrogens (tertiary/aromatic N) is 1. The molecule has 0 amide bonds. The number of nitrogens with two attached hydrogens (primary N) is 1. The van der Waals surface area contributed by atoms with E-state index < -0.39 is 11.6 Å². The predicted octanol–water partition coefficient (Wildman–Crippen LogP) is 2.22. The van der Waals surface area contributed by atoms with Crippen LogP contribution < -0.4 is 5.73 Å². The molecule has 0 bridgehead atoms. The van der Waals surface area contributed by atoms with Crippen LogP contribution in [0.15, 0.2) is 6.20 Å². The van der Waals surface area contributed by atoms with Gasteiger partial charge in [0.15, 0.2) is 5.69 Å². The zero-order valence-electron chi connectivity index (χ0n) is 9.30. The van der Waals surface area contributed by atoms with Gasteiger partial charge in [0, 0.05) is 13.2 Å². The third-order valence-corrected chi connectivity index (χ3v) is 2.07. The monoisotopic (exact) mass is 230 g/mol. The Balaban J connectivity index is 3.02. The van der Waals surface area contributed by atoms with Crippen molar-refractivity contribution in [1.82, 2.24) is 4.57 Å². The van der Waals surface area contributed by atoms with Crippen LogP contribution >= 0.6 is 11.6 Å². The molecule has 0 saturated heterocycles. The molecular weight excluding hydrogens is 216 g/mol. The highest BCUT2D eigenvalue weighted by atomic mass is 35.5. The van der Waals surface area contributed by atoms with Crippen molar-refractivity contribution < 1.29 is 9.53 Å². The van der Waals surface area contributed by atoms with Gasteiger partial charge in [0.05, 0.1) is 10.7 Å². The average Bonchev–Trinajstić information content (AvgIpc) is 2.22. The van der Waals surface area contributed by atoms with Gasteiger partial charge < -0.3 is 15.0 Å². The molecule has 2 N–H and O–H groups in total. The van der Waals surface area contributed by atoms with Gasteiger partial charge in [-0.05, 0) is 20.8 Å². The van der Waals surface area contributed by atoms with Crippen LogP contribution in [-0.4, -0.2) is 16.1 Å². The first-order valence-electron chi connectivity index (χ1n) is 4.56. The zero-order chi connectivity index (χ0) is 11.8. The Morgan fingerprint density at radius 3 is 2.40 bits per heavy atom. The topological polar surface area (TPSA) is 57.2 Å². The summed E-state index contributed by atoms with van der Waals surface area (Å²) in [6, 6.07) is 0. The van der Waals surface area contributed by atoms with Gasteiger partial charge in [-0.1, -0.05) is 11.6 Å². The first-order chi connectivity index (χ1) is 6.72. The lowest BCUT2D eigenvalue weighted by Crippen LogP contribution is -2.25. The van der Waals surface area contributed by atoms with Crippen molar-refractivity contribution in [3.63, 3.8) is 0 Å². The molecule has 1 rings (SSSR count). The highest BCUT2D eigenvalue weighted by molar-refractivity contribution is 6.33. The van der Waals surface area contributed by atoms with E-state index in [0.29, 0.717) is 5.02 Å². The summed E-state index contributed by atoms with van der Waals surface area (Å²) in [7, 11) is 1.70. The standard InChI is InChI=1S/C10H15ClN2O2/c1-10(2,3)15-9(14)8-7(12)6(11)5-13(8)4/h5H,12H2,1-4H3. The van der Waals surface area contributed by atoms with Gasteiger partial charge in [-0.25, -0.2) is 4.79 Å². The van der Waals surface area contributed by atoms with Gasteiger partial charge in [0.25, 0.3) is 0 Å².